The van der Waals surface area contributed by atoms with Crippen LogP contribution in [0.1, 0.15) is 68.2 Å². The Bertz CT molecular complexity index is 383. The molecule has 0 saturated carbocycles. The van der Waals surface area contributed by atoms with Gasteiger partial charge in [-0.1, -0.05) is 48.5 Å². The van der Waals surface area contributed by atoms with Crippen molar-refractivity contribution in [2.45, 2.75) is 68.2 Å². The maximum Gasteiger partial charge on any atom is 0.0762 e. The maximum atomic E-state index is 5.14. The van der Waals surface area contributed by atoms with Gasteiger partial charge in [-0.15, -0.1) is 11.8 Å². The van der Waals surface area contributed by atoms with Gasteiger partial charge in [-0.3, -0.25) is 4.99 Å². The molecule has 0 aromatic heterocycles. The predicted molar refractivity (Wildman–Crippen MR) is 109 cm³/mol. The summed E-state index contributed by atoms with van der Waals surface area (Å²) >= 11 is 1.83. The van der Waals surface area contributed by atoms with Crippen LogP contribution >= 0.6 is 11.8 Å². The summed E-state index contributed by atoms with van der Waals surface area (Å²) in [6.07, 6.45) is 4.46. The summed E-state index contributed by atoms with van der Waals surface area (Å²) in [7, 11) is 0. The monoisotopic (exact) mass is 340 g/mol. The second kappa shape index (κ2) is 12.1. The lowest BCUT2D eigenvalue weighted by molar-refractivity contribution is 0.439. The lowest BCUT2D eigenvalue weighted by atomic mass is 9.93. The Labute approximate surface area is 150 Å². The lowest BCUT2D eigenvalue weighted by Crippen LogP contribution is -2.22. The van der Waals surface area contributed by atoms with E-state index in [-0.39, 0.29) is 0 Å². The Balaban J connectivity index is 5.26. The molecular formula is C20H40N2S. The lowest BCUT2D eigenvalue weighted by Gasteiger charge is -2.22. The minimum Gasteiger partial charge on any atom is -0.317 e. The number of hydrogen-bond acceptors (Lipinski definition) is 3. The molecule has 136 valence electrons. The normalized spacial score (nSPS) is 16.7. The maximum absolute atomic E-state index is 5.14. The Morgan fingerprint density at radius 3 is 2.13 bits per heavy atom. The van der Waals surface area contributed by atoms with Crippen LogP contribution in [0.15, 0.2) is 16.3 Å². The first-order valence-electron chi connectivity index (χ1n) is 9.27. The number of aliphatic imine (C=N–C) groups is 1. The topological polar surface area (TPSA) is 24.4 Å². The molecule has 2 unspecified atom stereocenters. The van der Waals surface area contributed by atoms with Gasteiger partial charge >= 0.3 is 0 Å². The molecule has 0 fully saturated rings. The van der Waals surface area contributed by atoms with E-state index in [4.69, 9.17) is 4.99 Å². The van der Waals surface area contributed by atoms with Gasteiger partial charge in [-0.2, -0.15) is 0 Å². The molecule has 0 saturated heterocycles. The van der Waals surface area contributed by atoms with E-state index in [1.807, 2.05) is 11.8 Å². The van der Waals surface area contributed by atoms with Gasteiger partial charge in [-0.25, -0.2) is 0 Å². The fraction of sp³-hybridized carbons (Fsp3) is 0.850. The third kappa shape index (κ3) is 8.95. The molecule has 0 rings (SSSR count). The second-order valence-electron chi connectivity index (χ2n) is 7.44. The highest BCUT2D eigenvalue weighted by Gasteiger charge is 2.19. The smallest absolute Gasteiger partial charge is 0.0762 e. The van der Waals surface area contributed by atoms with Gasteiger partial charge in [0, 0.05) is 11.6 Å². The number of hydrogen-bond donors (Lipinski definition) is 1. The van der Waals surface area contributed by atoms with Crippen LogP contribution in [0.25, 0.3) is 0 Å². The first kappa shape index (κ1) is 22.7. The predicted octanol–water partition coefficient (Wildman–Crippen LogP) is 6.00. The molecule has 1 N–H and O–H groups in total. The molecule has 2 atom stereocenters. The Morgan fingerprint density at radius 1 is 1.09 bits per heavy atom. The summed E-state index contributed by atoms with van der Waals surface area (Å²) in [5, 5.41) is 4.73. The van der Waals surface area contributed by atoms with Gasteiger partial charge in [0.05, 0.1) is 5.04 Å². The van der Waals surface area contributed by atoms with Crippen molar-refractivity contribution in [3.8, 4) is 0 Å². The summed E-state index contributed by atoms with van der Waals surface area (Å²) in [4.78, 5) is 5.14. The number of nitrogens with zero attached hydrogens (tertiary/aromatic N) is 1. The van der Waals surface area contributed by atoms with Crippen LogP contribution in [-0.2, 0) is 0 Å². The van der Waals surface area contributed by atoms with Crippen LogP contribution in [-0.4, -0.2) is 24.4 Å². The molecule has 0 aromatic carbocycles. The van der Waals surface area contributed by atoms with Crippen LogP contribution in [0.4, 0.5) is 0 Å². The Hall–Kier alpha value is -0.280. The van der Waals surface area contributed by atoms with E-state index in [2.05, 4.69) is 67.0 Å². The minimum absolute atomic E-state index is 0.519. The van der Waals surface area contributed by atoms with Crippen molar-refractivity contribution >= 4 is 16.8 Å². The van der Waals surface area contributed by atoms with Crippen molar-refractivity contribution in [1.82, 2.24) is 5.32 Å². The first-order valence-corrected chi connectivity index (χ1v) is 10.5. The van der Waals surface area contributed by atoms with Gasteiger partial charge < -0.3 is 5.32 Å². The molecule has 0 bridgehead atoms. The third-order valence-electron chi connectivity index (χ3n) is 4.65. The van der Waals surface area contributed by atoms with Gasteiger partial charge in [0.2, 0.25) is 0 Å². The van der Waals surface area contributed by atoms with Crippen molar-refractivity contribution in [3.05, 3.63) is 11.3 Å². The summed E-state index contributed by atoms with van der Waals surface area (Å²) in [6.45, 7) is 20.4. The van der Waals surface area contributed by atoms with E-state index in [0.29, 0.717) is 23.7 Å². The van der Waals surface area contributed by atoms with E-state index in [0.717, 1.165) is 19.5 Å². The second-order valence-corrected chi connectivity index (χ2v) is 8.27. The summed E-state index contributed by atoms with van der Waals surface area (Å²) in [5.74, 6) is 2.38. The molecule has 0 spiro atoms. The largest absolute Gasteiger partial charge is 0.317 e. The highest BCUT2D eigenvalue weighted by Crippen LogP contribution is 2.27. The van der Waals surface area contributed by atoms with Gasteiger partial charge in [-0.05, 0) is 62.4 Å². The van der Waals surface area contributed by atoms with Gasteiger partial charge in [0.15, 0.2) is 0 Å². The van der Waals surface area contributed by atoms with E-state index in [9.17, 15) is 0 Å². The van der Waals surface area contributed by atoms with Gasteiger partial charge in [0.1, 0.15) is 0 Å². The van der Waals surface area contributed by atoms with Crippen LogP contribution in [0.2, 0.25) is 0 Å². The average Bonchev–Trinajstić information content (AvgIpc) is 2.49. The molecule has 0 radical (unpaired) electrons. The van der Waals surface area contributed by atoms with E-state index < -0.39 is 0 Å². The van der Waals surface area contributed by atoms with Crippen molar-refractivity contribution in [1.29, 1.82) is 0 Å². The highest BCUT2D eigenvalue weighted by molar-refractivity contribution is 8.13. The van der Waals surface area contributed by atoms with E-state index in [1.165, 1.54) is 22.7 Å². The van der Waals surface area contributed by atoms with Crippen molar-refractivity contribution in [2.75, 3.05) is 19.3 Å². The zero-order valence-corrected chi connectivity index (χ0v) is 17.8. The molecule has 0 aliphatic rings. The summed E-state index contributed by atoms with van der Waals surface area (Å²) in [5.41, 5.74) is 2.75. The van der Waals surface area contributed by atoms with Crippen molar-refractivity contribution in [2.24, 2.45) is 28.7 Å². The first-order chi connectivity index (χ1) is 10.7. The molecule has 3 heteroatoms. The molecule has 2 nitrogen and oxygen atoms in total. The number of allylic oxidation sites excluding steroid dienone is 2. The molecule has 0 amide bonds. The van der Waals surface area contributed by atoms with Crippen LogP contribution < -0.4 is 5.32 Å². The van der Waals surface area contributed by atoms with Crippen LogP contribution in [0.5, 0.6) is 0 Å². The van der Waals surface area contributed by atoms with Crippen molar-refractivity contribution < 1.29 is 0 Å². The third-order valence-corrected chi connectivity index (χ3v) is 5.53. The van der Waals surface area contributed by atoms with Gasteiger partial charge in [0.25, 0.3) is 0 Å². The molecule has 0 aliphatic heterocycles. The SMILES string of the molecule is CCNCCC(C)C(C)C(=NC(CC(C)C)=C(C)C(C)C)SC. The molecular weight excluding hydrogens is 300 g/mol. The number of thioether (sulfide) groups is 1. The van der Waals surface area contributed by atoms with E-state index >= 15 is 0 Å². The quantitative estimate of drug-likeness (QED) is 0.300. The molecule has 0 aromatic rings. The van der Waals surface area contributed by atoms with Crippen LogP contribution in [0.3, 0.4) is 0 Å². The highest BCUT2D eigenvalue weighted by atomic mass is 32.2. The average molecular weight is 341 g/mol. The summed E-state index contributed by atoms with van der Waals surface area (Å²) < 4.78 is 0. The molecule has 23 heavy (non-hydrogen) atoms. The van der Waals surface area contributed by atoms with Crippen molar-refractivity contribution in [3.63, 3.8) is 0 Å². The Kier molecular flexibility index (Phi) is 12.0. The zero-order valence-electron chi connectivity index (χ0n) is 17.0. The van der Waals surface area contributed by atoms with E-state index in [1.54, 1.807) is 0 Å². The van der Waals surface area contributed by atoms with Crippen LogP contribution in [0, 0.1) is 23.7 Å². The fourth-order valence-electron chi connectivity index (χ4n) is 2.48. The number of nitrogens with one attached hydrogen (secondary N) is 1. The molecule has 0 aliphatic carbocycles. The molecule has 0 heterocycles. The Morgan fingerprint density at radius 2 is 1.70 bits per heavy atom. The zero-order chi connectivity index (χ0) is 18.0. The minimum atomic E-state index is 0.519. The standard InChI is InChI=1S/C20H40N2S/c1-10-21-12-11-16(6)18(8)20(23-9)22-19(13-14(2)3)17(7)15(4)5/h14-16,18,21H,10-13H2,1-9H3. The number of rotatable bonds is 10. The fourth-order valence-corrected chi connectivity index (χ4v) is 3.29. The summed E-state index contributed by atoms with van der Waals surface area (Å²) in [6, 6.07) is 0.